The first-order valence-electron chi connectivity index (χ1n) is 22.1. The normalized spacial score (nSPS) is 39.2. The second-order valence-corrected chi connectivity index (χ2v) is 22.0. The van der Waals surface area contributed by atoms with Crippen molar-refractivity contribution in [3.63, 3.8) is 0 Å². The van der Waals surface area contributed by atoms with Crippen LogP contribution in [-0.4, -0.2) is 136 Å². The molecule has 0 heterocycles. The minimum Gasteiger partial charge on any atom is -0.750 e. The van der Waals surface area contributed by atoms with Crippen LogP contribution in [0.4, 0.5) is 0 Å². The largest absolute Gasteiger partial charge is 1.00 e. The van der Waals surface area contributed by atoms with Crippen molar-refractivity contribution in [2.75, 3.05) is 7.11 Å². The van der Waals surface area contributed by atoms with E-state index >= 15 is 0 Å². The van der Waals surface area contributed by atoms with E-state index in [0.29, 0.717) is 103 Å². The van der Waals surface area contributed by atoms with Gasteiger partial charge in [0.2, 0.25) is 5.91 Å². The van der Waals surface area contributed by atoms with E-state index in [0.717, 1.165) is 6.42 Å². The van der Waals surface area contributed by atoms with E-state index in [1.807, 2.05) is 0 Å². The van der Waals surface area contributed by atoms with Crippen molar-refractivity contribution in [2.24, 2.45) is 42.5 Å². The molecule has 64 heavy (non-hydrogen) atoms. The first-order chi connectivity index (χ1) is 29.0. The summed E-state index contributed by atoms with van der Waals surface area (Å²) in [5.41, 5.74) is 0. The van der Waals surface area contributed by atoms with E-state index in [-0.39, 0.29) is 168 Å². The van der Waals surface area contributed by atoms with Crippen LogP contribution < -0.4 is 99.3 Å². The number of aliphatic hydroxyl groups excluding tert-OH is 1. The molecule has 0 spiro atoms. The minimum absolute atomic E-state index is 0. The Morgan fingerprint density at radius 1 is 0.719 bits per heavy atom. The van der Waals surface area contributed by atoms with Gasteiger partial charge in [0.05, 0.1) is 96.7 Å². The Kier molecular flexibility index (Phi) is 25.6. The van der Waals surface area contributed by atoms with Crippen LogP contribution >= 0.6 is 0 Å². The Labute approximate surface area is 447 Å². The molecular weight excluding hydrogens is 926 g/mol. The topological polar surface area (TPSA) is 309 Å². The van der Waals surface area contributed by atoms with Gasteiger partial charge in [-0.05, 0) is 121 Å². The van der Waals surface area contributed by atoms with E-state index in [1.165, 1.54) is 0 Å². The SMILES string of the molecule is CCC(=O)NC1CC(N=NC2CCC(N=NC3C(O)C4CC(NC5CCCC(S(=O)(=O)[O-])C5)CCC4CC3S(=O)(=O)[O-])C(OC)C2)CCC1N=NC1CCC(OS(=O)[O-])CC1.[Na+].[Na+].[Na+]. The molecule has 20 nitrogen and oxygen atoms in total. The second-order valence-electron chi connectivity index (χ2n) is 18.1. The average molecular weight is 989 g/mol. The van der Waals surface area contributed by atoms with Crippen LogP contribution in [0.2, 0.25) is 0 Å². The number of nitrogens with one attached hydrogen (secondary N) is 2. The predicted octanol–water partition coefficient (Wildman–Crippen LogP) is -5.49. The van der Waals surface area contributed by atoms with E-state index < -0.39 is 66.4 Å². The zero-order valence-corrected chi connectivity index (χ0v) is 46.5. The maximum atomic E-state index is 12.6. The number of hydrogen-bond acceptors (Lipinski definition) is 19. The van der Waals surface area contributed by atoms with Gasteiger partial charge in [-0.1, -0.05) is 13.3 Å². The van der Waals surface area contributed by atoms with Crippen molar-refractivity contribution in [1.82, 2.24) is 10.6 Å². The van der Waals surface area contributed by atoms with Crippen molar-refractivity contribution in [1.29, 1.82) is 0 Å². The van der Waals surface area contributed by atoms with Gasteiger partial charge in [-0.25, -0.2) is 21.0 Å². The summed E-state index contributed by atoms with van der Waals surface area (Å²) in [6.07, 6.45) is 8.14. The molecule has 6 saturated carbocycles. The number of methoxy groups -OCH3 is 1. The van der Waals surface area contributed by atoms with Crippen LogP contribution in [0.1, 0.15) is 129 Å². The van der Waals surface area contributed by atoms with Crippen LogP contribution in [0, 0.1) is 11.8 Å². The standard InChI is InChI=1S/C38H66N8O12S3.3Na/c1-3-36(47)40-33-20-26(11-15-31(33)44-41-23-9-13-28(14-10-23)58-59(49)50)42-43-27-12-16-32(34(21-27)57-2)45-46-37-35(61(54,55)56)17-22-7-8-25(19-30(22)38(37)48)39-24-5-4-6-29(18-24)60(51,52)53;;;/h22-35,37-39,48H,3-21H2,1-2H3,(H,40,47)(H,49,50)(H,51,52,53)(H,54,55,56);;;/q;3*+1/p-3. The van der Waals surface area contributed by atoms with Crippen LogP contribution in [-0.2, 0) is 45.3 Å². The van der Waals surface area contributed by atoms with Crippen molar-refractivity contribution < 1.29 is 142 Å². The first kappa shape index (κ1) is 59.3. The quantitative estimate of drug-likeness (QED) is 0.0598. The van der Waals surface area contributed by atoms with Crippen LogP contribution in [0.25, 0.3) is 0 Å². The maximum absolute atomic E-state index is 12.6. The number of fused-ring (bicyclic) bond motifs is 1. The van der Waals surface area contributed by atoms with Gasteiger partial charge in [-0.2, -0.15) is 30.7 Å². The number of ether oxygens (including phenoxy) is 1. The van der Waals surface area contributed by atoms with Crippen molar-refractivity contribution in [3.05, 3.63) is 0 Å². The van der Waals surface area contributed by atoms with Crippen LogP contribution in [0.3, 0.4) is 0 Å². The Balaban J connectivity index is 0.00000363. The van der Waals surface area contributed by atoms with E-state index in [9.17, 15) is 44.6 Å². The Morgan fingerprint density at radius 2 is 1.33 bits per heavy atom. The number of hydrogen-bond donors (Lipinski definition) is 3. The van der Waals surface area contributed by atoms with E-state index in [4.69, 9.17) is 19.1 Å². The van der Waals surface area contributed by atoms with Gasteiger partial charge in [-0.3, -0.25) is 8.98 Å². The van der Waals surface area contributed by atoms with Crippen LogP contribution in [0.15, 0.2) is 30.7 Å². The fraction of sp³-hybridized carbons (Fsp3) is 0.974. The third-order valence-electron chi connectivity index (χ3n) is 14.1. The number of aliphatic hydroxyl groups is 1. The van der Waals surface area contributed by atoms with E-state index in [1.54, 1.807) is 14.0 Å². The Hall–Kier alpha value is 1.04. The Bertz CT molecular complexity index is 1820. The number of carbonyl (C=O) groups excluding carboxylic acids is 1. The second kappa shape index (κ2) is 27.6. The summed E-state index contributed by atoms with van der Waals surface area (Å²) in [6, 6.07) is -2.75. The number of carbonyl (C=O) groups is 1. The van der Waals surface area contributed by atoms with Crippen molar-refractivity contribution >= 4 is 37.5 Å². The summed E-state index contributed by atoms with van der Waals surface area (Å²) >= 11 is -2.54. The third kappa shape index (κ3) is 17.1. The van der Waals surface area contributed by atoms with Gasteiger partial charge in [0.15, 0.2) is 0 Å². The first-order valence-corrected chi connectivity index (χ1v) is 26.1. The predicted molar refractivity (Wildman–Crippen MR) is 218 cm³/mol. The molecular formula is C38H63N8Na3O12S3. The summed E-state index contributed by atoms with van der Waals surface area (Å²) in [5.74, 6) is -0.630. The molecule has 6 rings (SSSR count). The van der Waals surface area contributed by atoms with Crippen molar-refractivity contribution in [3.8, 4) is 0 Å². The van der Waals surface area contributed by atoms with Crippen molar-refractivity contribution in [2.45, 2.75) is 212 Å². The van der Waals surface area contributed by atoms with Gasteiger partial charge in [0.1, 0.15) is 6.04 Å². The molecule has 348 valence electrons. The van der Waals surface area contributed by atoms with Crippen LogP contribution in [0.5, 0.6) is 0 Å². The molecule has 6 fully saturated rings. The molecule has 0 radical (unpaired) electrons. The fourth-order valence-electron chi connectivity index (χ4n) is 10.7. The summed E-state index contributed by atoms with van der Waals surface area (Å²) in [6.45, 7) is 1.79. The minimum atomic E-state index is -4.82. The molecule has 3 N–H and O–H groups in total. The summed E-state index contributed by atoms with van der Waals surface area (Å²) in [4.78, 5) is 12.5. The summed E-state index contributed by atoms with van der Waals surface area (Å²) in [5, 5.41) is 43.5. The fourth-order valence-corrected chi connectivity index (χ4v) is 13.1. The zero-order valence-electron chi connectivity index (χ0n) is 38.0. The van der Waals surface area contributed by atoms with Gasteiger partial charge in [-0.15, -0.1) is 0 Å². The molecule has 15 atom stereocenters. The molecule has 0 aliphatic heterocycles. The summed E-state index contributed by atoms with van der Waals surface area (Å²) in [7, 11) is -7.66. The summed E-state index contributed by atoms with van der Waals surface area (Å²) < 4.78 is 105. The molecule has 0 aromatic heterocycles. The number of rotatable bonds is 15. The number of amides is 1. The molecule has 26 heteroatoms. The molecule has 0 saturated heterocycles. The monoisotopic (exact) mass is 988 g/mol. The van der Waals surface area contributed by atoms with Gasteiger partial charge >= 0.3 is 88.7 Å². The number of azo groups is 3. The van der Waals surface area contributed by atoms with Gasteiger partial charge in [0, 0.05) is 25.6 Å². The molecule has 0 aromatic rings. The molecule has 0 aromatic carbocycles. The van der Waals surface area contributed by atoms with E-state index in [2.05, 4.69) is 31.1 Å². The molecule has 6 aliphatic carbocycles. The molecule has 6 aliphatic rings. The smallest absolute Gasteiger partial charge is 0.750 e. The number of nitrogens with zero attached hydrogens (tertiary/aromatic N) is 6. The van der Waals surface area contributed by atoms with Gasteiger partial charge < -0.3 is 34.1 Å². The molecule has 15 unspecified atom stereocenters. The molecule has 0 bridgehead atoms. The Morgan fingerprint density at radius 3 is 1.95 bits per heavy atom. The van der Waals surface area contributed by atoms with Gasteiger partial charge in [0.25, 0.3) is 0 Å². The maximum Gasteiger partial charge on any atom is 1.00 e. The average Bonchev–Trinajstić information content (AvgIpc) is 3.22. The molecule has 1 amide bonds. The third-order valence-corrected chi connectivity index (χ3v) is 17.0. The zero-order chi connectivity index (χ0) is 43.9.